The van der Waals surface area contributed by atoms with E-state index in [4.69, 9.17) is 14.6 Å². The Morgan fingerprint density at radius 1 is 0.854 bits per heavy atom. The highest BCUT2D eigenvalue weighted by atomic mass is 19.4. The molecule has 3 aliphatic carbocycles. The Labute approximate surface area is 232 Å². The molecule has 4 nitrogen and oxygen atoms in total. The summed E-state index contributed by atoms with van der Waals surface area (Å²) in [6.07, 6.45) is -15.4. The third-order valence-electron chi connectivity index (χ3n) is 9.31. The minimum absolute atomic E-state index is 0.0577. The maximum atomic E-state index is 13.1. The van der Waals surface area contributed by atoms with Crippen LogP contribution in [0.25, 0.3) is 0 Å². The molecule has 0 heterocycles. The van der Waals surface area contributed by atoms with Crippen molar-refractivity contribution in [3.05, 3.63) is 29.3 Å². The molecule has 0 bridgehead atoms. The molecule has 4 rings (SSSR count). The fraction of sp³-hybridized carbons (Fsp3) is 0.786. The van der Waals surface area contributed by atoms with Crippen molar-refractivity contribution in [1.29, 1.82) is 0 Å². The van der Waals surface area contributed by atoms with E-state index in [-0.39, 0.29) is 24.7 Å². The first-order chi connectivity index (χ1) is 19.1. The average molecular weight is 607 g/mol. The van der Waals surface area contributed by atoms with E-state index in [2.05, 4.69) is 23.8 Å². The number of benzene rings is 1. The zero-order valence-corrected chi connectivity index (χ0v) is 22.6. The highest BCUT2D eigenvalue weighted by molar-refractivity contribution is 5.40. The van der Waals surface area contributed by atoms with Crippen LogP contribution in [0.5, 0.6) is 5.75 Å². The maximum Gasteiger partial charge on any atom is 0.435 e. The third kappa shape index (κ3) is 5.91. The van der Waals surface area contributed by atoms with Gasteiger partial charge in [0, 0.05) is 19.6 Å². The summed E-state index contributed by atoms with van der Waals surface area (Å²) in [5.41, 5.74) is -3.96. The van der Waals surface area contributed by atoms with Crippen LogP contribution in [0.2, 0.25) is 0 Å². The third-order valence-corrected chi connectivity index (χ3v) is 9.31. The van der Waals surface area contributed by atoms with Crippen LogP contribution in [0, 0.1) is 17.3 Å². The van der Waals surface area contributed by atoms with E-state index < -0.39 is 37.2 Å². The number of rotatable bonds is 10. The number of aliphatic hydroxyl groups is 1. The molecule has 0 unspecified atom stereocenters. The summed E-state index contributed by atoms with van der Waals surface area (Å²) in [5, 5.41) is 8.95. The van der Waals surface area contributed by atoms with Gasteiger partial charge in [-0.1, -0.05) is 13.0 Å². The molecule has 0 radical (unpaired) electrons. The summed E-state index contributed by atoms with van der Waals surface area (Å²) in [7, 11) is 0. The molecule has 5 atom stereocenters. The lowest BCUT2D eigenvalue weighted by atomic mass is 9.55. The molecule has 0 amide bonds. The number of alkyl halides is 9. The van der Waals surface area contributed by atoms with Gasteiger partial charge in [-0.3, -0.25) is 0 Å². The van der Waals surface area contributed by atoms with Gasteiger partial charge in [0.2, 0.25) is 0 Å². The molecule has 41 heavy (non-hydrogen) atoms. The molecule has 1 aromatic carbocycles. The fourth-order valence-corrected chi connectivity index (χ4v) is 7.37. The van der Waals surface area contributed by atoms with E-state index >= 15 is 0 Å². The standard InChI is InChI=1S/C28H35F9O4/c1-24-11-10-20-19-7-5-18(39-13-2-12-38)16-17(19)4-6-21(20)22(24)8-9-23(24)40-14-3-15-41-25(26(29,30)31,27(32,33)34)28(35,36)37/h5,7,16,20-23,38H,2-4,6,8-15H2,1H3/t20-,21-,22+,23+,24+/m1/s1. The highest BCUT2D eigenvalue weighted by Gasteiger charge is 2.85. The summed E-state index contributed by atoms with van der Waals surface area (Å²) >= 11 is 0. The molecule has 1 N–H and O–H groups in total. The second-order valence-corrected chi connectivity index (χ2v) is 11.6. The minimum Gasteiger partial charge on any atom is -0.493 e. The normalized spacial score (nSPS) is 28.7. The number of fused-ring (bicyclic) bond motifs is 5. The first-order valence-electron chi connectivity index (χ1n) is 13.9. The maximum absolute atomic E-state index is 13.1. The van der Waals surface area contributed by atoms with Gasteiger partial charge in [-0.05, 0) is 91.4 Å². The Bertz CT molecular complexity index is 1000. The van der Waals surface area contributed by atoms with Crippen LogP contribution in [0.3, 0.4) is 0 Å². The summed E-state index contributed by atoms with van der Waals surface area (Å²) in [4.78, 5) is 0. The Hall–Kier alpha value is -1.73. The van der Waals surface area contributed by atoms with Gasteiger partial charge in [0.1, 0.15) is 5.75 Å². The molecule has 0 saturated heterocycles. The SMILES string of the molecule is C[C@]12CC[C@@H]3c4ccc(OCCCO)cc4CC[C@H]3[C@@H]1CC[C@@H]2OCCCOC(C(F)(F)F)(C(F)(F)F)C(F)(F)F. The van der Waals surface area contributed by atoms with Crippen LogP contribution < -0.4 is 4.74 Å². The monoisotopic (exact) mass is 606 g/mol. The van der Waals surface area contributed by atoms with Crippen LogP contribution in [0.4, 0.5) is 39.5 Å². The number of hydrogen-bond acceptors (Lipinski definition) is 4. The van der Waals surface area contributed by atoms with Crippen molar-refractivity contribution in [2.45, 2.75) is 94.4 Å². The van der Waals surface area contributed by atoms with E-state index in [1.165, 1.54) is 11.1 Å². The van der Waals surface area contributed by atoms with Crippen molar-refractivity contribution in [3.8, 4) is 5.75 Å². The second kappa shape index (κ2) is 11.7. The lowest BCUT2D eigenvalue weighted by Crippen LogP contribution is -2.67. The summed E-state index contributed by atoms with van der Waals surface area (Å²) in [6, 6.07) is 6.11. The molecule has 13 heteroatoms. The topological polar surface area (TPSA) is 47.9 Å². The van der Waals surface area contributed by atoms with Gasteiger partial charge in [0.15, 0.2) is 0 Å². The zero-order chi connectivity index (χ0) is 30.3. The molecule has 3 aliphatic rings. The predicted molar refractivity (Wildman–Crippen MR) is 129 cm³/mol. The number of ether oxygens (including phenoxy) is 3. The van der Waals surface area contributed by atoms with E-state index in [1.54, 1.807) is 0 Å². The first kappa shape index (κ1) is 32.2. The first-order valence-corrected chi connectivity index (χ1v) is 13.9. The van der Waals surface area contributed by atoms with E-state index in [9.17, 15) is 39.5 Å². The van der Waals surface area contributed by atoms with Gasteiger partial charge in [0.05, 0.1) is 19.3 Å². The van der Waals surface area contributed by atoms with Crippen molar-refractivity contribution in [2.75, 3.05) is 26.4 Å². The van der Waals surface area contributed by atoms with E-state index in [1.807, 2.05) is 6.07 Å². The Morgan fingerprint density at radius 3 is 2.17 bits per heavy atom. The molecule has 234 valence electrons. The van der Waals surface area contributed by atoms with Crippen LogP contribution in [-0.4, -0.2) is 61.8 Å². The Kier molecular flexibility index (Phi) is 9.22. The van der Waals surface area contributed by atoms with Crippen molar-refractivity contribution >= 4 is 0 Å². The zero-order valence-electron chi connectivity index (χ0n) is 22.6. The number of aryl methyl sites for hydroxylation is 1. The largest absolute Gasteiger partial charge is 0.493 e. The number of halogens is 9. The minimum atomic E-state index is -6.73. The smallest absolute Gasteiger partial charge is 0.435 e. The van der Waals surface area contributed by atoms with E-state index in [0.717, 1.165) is 37.9 Å². The van der Waals surface area contributed by atoms with Crippen LogP contribution in [0.15, 0.2) is 18.2 Å². The van der Waals surface area contributed by atoms with E-state index in [0.29, 0.717) is 37.2 Å². The molecule has 0 aliphatic heterocycles. The molecule has 2 fully saturated rings. The number of hydrogen-bond donors (Lipinski definition) is 1. The van der Waals surface area contributed by atoms with Crippen molar-refractivity contribution in [3.63, 3.8) is 0 Å². The van der Waals surface area contributed by atoms with Crippen LogP contribution in [0.1, 0.15) is 68.9 Å². The van der Waals surface area contributed by atoms with Gasteiger partial charge >= 0.3 is 24.1 Å². The second-order valence-electron chi connectivity index (χ2n) is 11.6. The lowest BCUT2D eigenvalue weighted by Gasteiger charge is -2.50. The molecular formula is C28H35F9O4. The molecule has 0 spiro atoms. The van der Waals surface area contributed by atoms with Crippen molar-refractivity contribution < 1.29 is 58.8 Å². The van der Waals surface area contributed by atoms with Crippen LogP contribution in [-0.2, 0) is 15.9 Å². The van der Waals surface area contributed by atoms with Crippen molar-refractivity contribution in [1.82, 2.24) is 0 Å². The van der Waals surface area contributed by atoms with Crippen LogP contribution >= 0.6 is 0 Å². The van der Waals surface area contributed by atoms with Gasteiger partial charge in [-0.25, -0.2) is 0 Å². The average Bonchev–Trinajstić information content (AvgIpc) is 3.19. The number of aliphatic hydroxyl groups excluding tert-OH is 1. The Morgan fingerprint density at radius 2 is 1.54 bits per heavy atom. The molecular weight excluding hydrogens is 571 g/mol. The van der Waals surface area contributed by atoms with Gasteiger partial charge < -0.3 is 19.3 Å². The highest BCUT2D eigenvalue weighted by Crippen LogP contribution is 2.62. The summed E-state index contributed by atoms with van der Waals surface area (Å²) in [6.45, 7) is 0.855. The quantitative estimate of drug-likeness (QED) is 0.221. The lowest BCUT2D eigenvalue weighted by molar-refractivity contribution is -0.457. The molecule has 2 saturated carbocycles. The van der Waals surface area contributed by atoms with Gasteiger partial charge in [0.25, 0.3) is 0 Å². The summed E-state index contributed by atoms with van der Waals surface area (Å²) in [5.74, 6) is 1.83. The predicted octanol–water partition coefficient (Wildman–Crippen LogP) is 7.52. The fourth-order valence-electron chi connectivity index (χ4n) is 7.37. The van der Waals surface area contributed by atoms with Gasteiger partial charge in [-0.2, -0.15) is 39.5 Å². The van der Waals surface area contributed by atoms with Crippen molar-refractivity contribution in [2.24, 2.45) is 17.3 Å². The Balaban J connectivity index is 1.35. The molecule has 1 aromatic rings. The summed E-state index contributed by atoms with van der Waals surface area (Å²) < 4.78 is 133. The molecule has 0 aromatic heterocycles. The van der Waals surface area contributed by atoms with Gasteiger partial charge in [-0.15, -0.1) is 0 Å².